The zero-order chi connectivity index (χ0) is 23.0. The zero-order valence-corrected chi connectivity index (χ0v) is 19.1. The van der Waals surface area contributed by atoms with Crippen LogP contribution in [0.5, 0.6) is 0 Å². The molecule has 4 rings (SSSR count). The molecule has 2 atom stereocenters. The second kappa shape index (κ2) is 11.6. The fourth-order valence-corrected chi connectivity index (χ4v) is 4.04. The van der Waals surface area contributed by atoms with Gasteiger partial charge in [-0.25, -0.2) is 19.7 Å². The SMILES string of the molecule is O=C(NOC1CCCCO1)/C(F)=C/c1ccc(N[C@@H]2CCN(Cc3ccc(Cl)cc3)C2)nc1. The first-order chi connectivity index (χ1) is 16.0. The van der Waals surface area contributed by atoms with Crippen LogP contribution < -0.4 is 10.8 Å². The van der Waals surface area contributed by atoms with Gasteiger partial charge in [0.15, 0.2) is 12.1 Å². The van der Waals surface area contributed by atoms with E-state index < -0.39 is 18.0 Å². The number of hydrogen-bond acceptors (Lipinski definition) is 6. The highest BCUT2D eigenvalue weighted by Crippen LogP contribution is 2.19. The van der Waals surface area contributed by atoms with Gasteiger partial charge in [-0.05, 0) is 60.7 Å². The molecule has 7 nitrogen and oxygen atoms in total. The van der Waals surface area contributed by atoms with Gasteiger partial charge in [-0.1, -0.05) is 23.7 Å². The Hall–Kier alpha value is -2.52. The topological polar surface area (TPSA) is 75.7 Å². The number of ether oxygens (including phenoxy) is 1. The predicted octanol–water partition coefficient (Wildman–Crippen LogP) is 4.31. The van der Waals surface area contributed by atoms with Crippen molar-refractivity contribution in [3.63, 3.8) is 0 Å². The molecule has 33 heavy (non-hydrogen) atoms. The van der Waals surface area contributed by atoms with Crippen LogP contribution in [0.2, 0.25) is 5.02 Å². The molecule has 3 heterocycles. The van der Waals surface area contributed by atoms with Crippen molar-refractivity contribution in [3.8, 4) is 0 Å². The zero-order valence-electron chi connectivity index (χ0n) is 18.3. The molecule has 9 heteroatoms. The molecule has 0 radical (unpaired) electrons. The maximum atomic E-state index is 14.2. The lowest BCUT2D eigenvalue weighted by Crippen LogP contribution is -2.33. The van der Waals surface area contributed by atoms with E-state index in [4.69, 9.17) is 21.2 Å². The Morgan fingerprint density at radius 2 is 2.09 bits per heavy atom. The molecule has 2 aliphatic heterocycles. The lowest BCUT2D eigenvalue weighted by Gasteiger charge is -2.21. The standard InChI is InChI=1S/C24H28ClFN4O3/c25-19-7-4-17(5-8-19)15-30-11-10-20(16-30)28-22-9-6-18(14-27-22)13-21(26)24(31)29-33-23-3-1-2-12-32-23/h4-9,13-14,20,23H,1-3,10-12,15-16H2,(H,27,28)(H,29,31)/b21-13-/t20-,23?/m1/s1. The summed E-state index contributed by atoms with van der Waals surface area (Å²) in [7, 11) is 0. The number of carbonyl (C=O) groups is 1. The van der Waals surface area contributed by atoms with E-state index in [1.807, 2.05) is 24.3 Å². The summed E-state index contributed by atoms with van der Waals surface area (Å²) < 4.78 is 19.5. The van der Waals surface area contributed by atoms with Crippen molar-refractivity contribution in [2.45, 2.75) is 44.6 Å². The normalized spacial score (nSPS) is 21.7. The van der Waals surface area contributed by atoms with Crippen molar-refractivity contribution in [1.82, 2.24) is 15.4 Å². The highest BCUT2D eigenvalue weighted by atomic mass is 35.5. The van der Waals surface area contributed by atoms with Crippen LogP contribution in [0.3, 0.4) is 0 Å². The summed E-state index contributed by atoms with van der Waals surface area (Å²) in [5, 5.41) is 4.17. The number of likely N-dealkylation sites (tertiary alicyclic amines) is 1. The largest absolute Gasteiger partial charge is 0.366 e. The molecule has 0 aliphatic carbocycles. The van der Waals surface area contributed by atoms with E-state index in [0.29, 0.717) is 24.4 Å². The summed E-state index contributed by atoms with van der Waals surface area (Å²) in [5.74, 6) is -1.19. The van der Waals surface area contributed by atoms with Crippen molar-refractivity contribution >= 4 is 29.4 Å². The summed E-state index contributed by atoms with van der Waals surface area (Å²) in [4.78, 5) is 23.7. The Balaban J connectivity index is 1.23. The Labute approximate surface area is 197 Å². The lowest BCUT2D eigenvalue weighted by atomic mass is 10.2. The average Bonchev–Trinajstić information content (AvgIpc) is 3.27. The molecule has 0 bridgehead atoms. The number of hydroxylamine groups is 1. The second-order valence-electron chi connectivity index (χ2n) is 8.31. The maximum Gasteiger partial charge on any atom is 0.303 e. The van der Waals surface area contributed by atoms with Crippen LogP contribution in [0, 0.1) is 0 Å². The molecule has 1 aromatic heterocycles. The first-order valence-electron chi connectivity index (χ1n) is 11.2. The van der Waals surface area contributed by atoms with Gasteiger partial charge >= 0.3 is 5.91 Å². The van der Waals surface area contributed by atoms with Gasteiger partial charge < -0.3 is 10.1 Å². The number of rotatable bonds is 8. The van der Waals surface area contributed by atoms with Crippen LogP contribution in [-0.4, -0.2) is 47.8 Å². The fraction of sp³-hybridized carbons (Fsp3) is 0.417. The van der Waals surface area contributed by atoms with Crippen molar-refractivity contribution in [1.29, 1.82) is 0 Å². The van der Waals surface area contributed by atoms with Crippen molar-refractivity contribution in [2.24, 2.45) is 0 Å². The summed E-state index contributed by atoms with van der Waals surface area (Å²) in [6, 6.07) is 11.7. The molecule has 1 aromatic carbocycles. The van der Waals surface area contributed by atoms with Crippen LogP contribution >= 0.6 is 11.6 Å². The molecule has 176 valence electrons. The Bertz CT molecular complexity index is 949. The van der Waals surface area contributed by atoms with Crippen LogP contribution in [0.25, 0.3) is 6.08 Å². The number of carbonyl (C=O) groups excluding carboxylic acids is 1. The lowest BCUT2D eigenvalue weighted by molar-refractivity contribution is -0.199. The monoisotopic (exact) mass is 474 g/mol. The van der Waals surface area contributed by atoms with Crippen LogP contribution in [-0.2, 0) is 20.9 Å². The maximum absolute atomic E-state index is 14.2. The molecule has 0 spiro atoms. The summed E-state index contributed by atoms with van der Waals surface area (Å²) >= 11 is 5.95. The van der Waals surface area contributed by atoms with Crippen LogP contribution in [0.4, 0.5) is 10.2 Å². The van der Waals surface area contributed by atoms with E-state index in [0.717, 1.165) is 50.0 Å². The second-order valence-corrected chi connectivity index (χ2v) is 8.74. The van der Waals surface area contributed by atoms with E-state index >= 15 is 0 Å². The summed E-state index contributed by atoms with van der Waals surface area (Å²) in [5.41, 5.74) is 3.82. The number of nitrogens with zero attached hydrogens (tertiary/aromatic N) is 2. The number of anilines is 1. The molecular weight excluding hydrogens is 447 g/mol. The van der Waals surface area contributed by atoms with Crippen molar-refractivity contribution < 1.29 is 18.8 Å². The number of benzene rings is 1. The van der Waals surface area contributed by atoms with E-state index in [2.05, 4.69) is 20.7 Å². The van der Waals surface area contributed by atoms with Gasteiger partial charge in [0.25, 0.3) is 0 Å². The van der Waals surface area contributed by atoms with Crippen molar-refractivity contribution in [2.75, 3.05) is 25.0 Å². The highest BCUT2D eigenvalue weighted by molar-refractivity contribution is 6.30. The third-order valence-electron chi connectivity index (χ3n) is 5.66. The molecule has 2 fully saturated rings. The minimum absolute atomic E-state index is 0.285. The van der Waals surface area contributed by atoms with Gasteiger partial charge in [-0.2, -0.15) is 0 Å². The van der Waals surface area contributed by atoms with E-state index in [1.165, 1.54) is 11.8 Å². The summed E-state index contributed by atoms with van der Waals surface area (Å²) in [6.45, 7) is 3.36. The number of nitrogens with one attached hydrogen (secondary N) is 2. The smallest absolute Gasteiger partial charge is 0.303 e. The van der Waals surface area contributed by atoms with Gasteiger partial charge in [0, 0.05) is 49.9 Å². The molecule has 0 saturated carbocycles. The van der Waals surface area contributed by atoms with Gasteiger partial charge in [-0.3, -0.25) is 9.69 Å². The van der Waals surface area contributed by atoms with Crippen molar-refractivity contribution in [3.05, 3.63) is 64.6 Å². The highest BCUT2D eigenvalue weighted by Gasteiger charge is 2.22. The van der Waals surface area contributed by atoms with E-state index in [9.17, 15) is 9.18 Å². The third kappa shape index (κ3) is 7.23. The van der Waals surface area contributed by atoms with Crippen LogP contribution in [0.15, 0.2) is 48.4 Å². The molecule has 2 saturated heterocycles. The van der Waals surface area contributed by atoms with Gasteiger partial charge in [0.1, 0.15) is 5.82 Å². The minimum Gasteiger partial charge on any atom is -0.366 e. The molecular formula is C24H28ClFN4O3. The summed E-state index contributed by atoms with van der Waals surface area (Å²) in [6.07, 6.45) is 5.72. The first-order valence-corrected chi connectivity index (χ1v) is 11.6. The number of hydrogen-bond donors (Lipinski definition) is 2. The minimum atomic E-state index is -0.957. The third-order valence-corrected chi connectivity index (χ3v) is 5.91. The predicted molar refractivity (Wildman–Crippen MR) is 125 cm³/mol. The van der Waals surface area contributed by atoms with Gasteiger partial charge in [0.05, 0.1) is 0 Å². The molecule has 2 N–H and O–H groups in total. The van der Waals surface area contributed by atoms with E-state index in [-0.39, 0.29) is 6.04 Å². The molecule has 2 aliphatic rings. The number of aromatic nitrogens is 1. The fourth-order valence-electron chi connectivity index (χ4n) is 3.91. The van der Waals surface area contributed by atoms with Crippen LogP contribution in [0.1, 0.15) is 36.8 Å². The Morgan fingerprint density at radius 1 is 1.24 bits per heavy atom. The van der Waals surface area contributed by atoms with E-state index in [1.54, 1.807) is 12.1 Å². The molecule has 1 unspecified atom stereocenters. The number of halogens is 2. The number of amides is 1. The Kier molecular flexibility index (Phi) is 8.28. The first kappa shape index (κ1) is 23.6. The van der Waals surface area contributed by atoms with Gasteiger partial charge in [0.2, 0.25) is 0 Å². The van der Waals surface area contributed by atoms with Gasteiger partial charge in [-0.15, -0.1) is 0 Å². The average molecular weight is 475 g/mol. The Morgan fingerprint density at radius 3 is 2.82 bits per heavy atom. The molecule has 2 aromatic rings. The quantitative estimate of drug-likeness (QED) is 0.438. The number of pyridine rings is 1. The molecule has 1 amide bonds.